The molecular formula is C18H16N2O4. The van der Waals surface area contributed by atoms with E-state index in [1.807, 2.05) is 24.3 Å². The first kappa shape index (κ1) is 15.7. The molecule has 0 aliphatic carbocycles. The summed E-state index contributed by atoms with van der Waals surface area (Å²) in [5.74, 6) is 0.657. The Balaban J connectivity index is 1.90. The number of hydrogen-bond acceptors (Lipinski definition) is 5. The number of para-hydroxylation sites is 4. The first-order valence-electron chi connectivity index (χ1n) is 7.44. The lowest BCUT2D eigenvalue weighted by atomic mass is 10.3. The monoisotopic (exact) mass is 324 g/mol. The van der Waals surface area contributed by atoms with E-state index < -0.39 is 5.97 Å². The van der Waals surface area contributed by atoms with Crippen LogP contribution in [0.1, 0.15) is 24.5 Å². The van der Waals surface area contributed by atoms with Gasteiger partial charge in [-0.25, -0.2) is 4.98 Å². The van der Waals surface area contributed by atoms with Gasteiger partial charge in [-0.15, -0.1) is 0 Å². The fraction of sp³-hybridized carbons (Fsp3) is 0.167. The topological polar surface area (TPSA) is 70.4 Å². The number of hydrogen-bond donors (Lipinski definition) is 0. The van der Waals surface area contributed by atoms with Gasteiger partial charge in [0.1, 0.15) is 6.61 Å². The Labute approximate surface area is 138 Å². The largest absolute Gasteiger partial charge is 0.482 e. The number of imidazole rings is 1. The van der Waals surface area contributed by atoms with E-state index in [-0.39, 0.29) is 12.5 Å². The van der Waals surface area contributed by atoms with Gasteiger partial charge in [0.05, 0.1) is 11.0 Å². The van der Waals surface area contributed by atoms with Crippen LogP contribution in [-0.4, -0.2) is 21.4 Å². The van der Waals surface area contributed by atoms with Gasteiger partial charge in [0.2, 0.25) is 5.91 Å². The number of esters is 1. The van der Waals surface area contributed by atoms with Crippen molar-refractivity contribution in [1.82, 2.24) is 9.55 Å². The number of ether oxygens (including phenoxy) is 2. The third kappa shape index (κ3) is 3.12. The molecule has 0 atom stereocenters. The van der Waals surface area contributed by atoms with Crippen molar-refractivity contribution in [3.8, 4) is 11.5 Å². The van der Waals surface area contributed by atoms with E-state index in [1.165, 1.54) is 18.4 Å². The van der Waals surface area contributed by atoms with Crippen molar-refractivity contribution in [3.05, 3.63) is 54.4 Å². The van der Waals surface area contributed by atoms with Crippen LogP contribution in [0.5, 0.6) is 11.5 Å². The molecule has 3 rings (SSSR count). The molecule has 0 aliphatic heterocycles. The van der Waals surface area contributed by atoms with Gasteiger partial charge in [-0.2, -0.15) is 0 Å². The lowest BCUT2D eigenvalue weighted by molar-refractivity contribution is -0.132. The van der Waals surface area contributed by atoms with Crippen LogP contribution in [0.15, 0.2) is 48.5 Å². The Morgan fingerprint density at radius 1 is 1.00 bits per heavy atom. The van der Waals surface area contributed by atoms with Crippen LogP contribution in [0, 0.1) is 0 Å². The van der Waals surface area contributed by atoms with E-state index in [4.69, 9.17) is 9.47 Å². The molecule has 6 nitrogen and oxygen atoms in total. The molecule has 0 bridgehead atoms. The van der Waals surface area contributed by atoms with Gasteiger partial charge in [0, 0.05) is 13.8 Å². The minimum absolute atomic E-state index is 0.0759. The third-order valence-electron chi connectivity index (χ3n) is 3.40. The first-order chi connectivity index (χ1) is 11.6. The van der Waals surface area contributed by atoms with Crippen LogP contribution >= 0.6 is 0 Å². The van der Waals surface area contributed by atoms with Gasteiger partial charge in [0.25, 0.3) is 0 Å². The molecule has 0 fully saturated rings. The van der Waals surface area contributed by atoms with E-state index in [1.54, 1.807) is 24.3 Å². The van der Waals surface area contributed by atoms with E-state index in [0.717, 1.165) is 11.0 Å². The van der Waals surface area contributed by atoms with E-state index in [9.17, 15) is 9.59 Å². The maximum atomic E-state index is 12.0. The van der Waals surface area contributed by atoms with E-state index in [2.05, 4.69) is 4.98 Å². The average Bonchev–Trinajstić information content (AvgIpc) is 2.92. The Morgan fingerprint density at radius 2 is 1.67 bits per heavy atom. The average molecular weight is 324 g/mol. The highest BCUT2D eigenvalue weighted by Crippen LogP contribution is 2.27. The molecule has 0 radical (unpaired) electrons. The fourth-order valence-corrected chi connectivity index (χ4v) is 2.47. The van der Waals surface area contributed by atoms with Crippen LogP contribution in [0.2, 0.25) is 0 Å². The van der Waals surface area contributed by atoms with Crippen molar-refractivity contribution in [2.75, 3.05) is 0 Å². The van der Waals surface area contributed by atoms with Crippen LogP contribution in [-0.2, 0) is 11.4 Å². The highest BCUT2D eigenvalue weighted by atomic mass is 16.6. The van der Waals surface area contributed by atoms with Gasteiger partial charge >= 0.3 is 5.97 Å². The second-order valence-electron chi connectivity index (χ2n) is 5.20. The van der Waals surface area contributed by atoms with Crippen LogP contribution in [0.3, 0.4) is 0 Å². The Kier molecular flexibility index (Phi) is 4.29. The summed E-state index contributed by atoms with van der Waals surface area (Å²) in [5.41, 5.74) is 1.46. The molecule has 0 N–H and O–H groups in total. The van der Waals surface area contributed by atoms with Gasteiger partial charge in [0.15, 0.2) is 17.3 Å². The molecule has 0 amide bonds. The maximum Gasteiger partial charge on any atom is 0.308 e. The lowest BCUT2D eigenvalue weighted by Crippen LogP contribution is -2.13. The summed E-state index contributed by atoms with van der Waals surface area (Å²) in [6.07, 6.45) is 0. The number of rotatable bonds is 4. The minimum atomic E-state index is -0.429. The Bertz CT molecular complexity index is 914. The van der Waals surface area contributed by atoms with Crippen LogP contribution in [0.4, 0.5) is 0 Å². The van der Waals surface area contributed by atoms with Gasteiger partial charge in [-0.05, 0) is 24.3 Å². The van der Waals surface area contributed by atoms with Crippen molar-refractivity contribution in [2.45, 2.75) is 20.5 Å². The maximum absolute atomic E-state index is 12.0. The molecule has 1 heterocycles. The van der Waals surface area contributed by atoms with E-state index in [0.29, 0.717) is 17.3 Å². The third-order valence-corrected chi connectivity index (χ3v) is 3.40. The summed E-state index contributed by atoms with van der Waals surface area (Å²) in [4.78, 5) is 27.6. The summed E-state index contributed by atoms with van der Waals surface area (Å²) >= 11 is 0. The van der Waals surface area contributed by atoms with Gasteiger partial charge in [-0.1, -0.05) is 24.3 Å². The van der Waals surface area contributed by atoms with Crippen molar-refractivity contribution in [2.24, 2.45) is 0 Å². The molecule has 0 saturated carbocycles. The SMILES string of the molecule is CC(=O)Oc1ccccc1OCc1nc2ccccc2n1C(C)=O. The predicted molar refractivity (Wildman–Crippen MR) is 88.1 cm³/mol. The number of fused-ring (bicyclic) bond motifs is 1. The molecule has 2 aromatic carbocycles. The quantitative estimate of drug-likeness (QED) is 0.544. The van der Waals surface area contributed by atoms with Crippen LogP contribution in [0.25, 0.3) is 11.0 Å². The molecule has 0 unspecified atom stereocenters. The van der Waals surface area contributed by atoms with Gasteiger partial charge < -0.3 is 9.47 Å². The number of nitrogens with zero attached hydrogens (tertiary/aromatic N) is 2. The molecule has 3 aromatic rings. The zero-order valence-corrected chi connectivity index (χ0v) is 13.4. The summed E-state index contributed by atoms with van der Waals surface area (Å²) in [6, 6.07) is 14.2. The summed E-state index contributed by atoms with van der Waals surface area (Å²) in [6.45, 7) is 2.88. The summed E-state index contributed by atoms with van der Waals surface area (Å²) in [5, 5.41) is 0. The molecule has 122 valence electrons. The standard InChI is InChI=1S/C18H16N2O4/c1-12(21)20-15-8-4-3-7-14(15)19-18(20)11-23-16-9-5-6-10-17(16)24-13(2)22/h3-10H,11H2,1-2H3. The second kappa shape index (κ2) is 6.54. The molecular weight excluding hydrogens is 308 g/mol. The second-order valence-corrected chi connectivity index (χ2v) is 5.20. The normalized spacial score (nSPS) is 10.6. The number of carbonyl (C=O) groups excluding carboxylic acids is 2. The lowest BCUT2D eigenvalue weighted by Gasteiger charge is -2.11. The van der Waals surface area contributed by atoms with Gasteiger partial charge in [-0.3, -0.25) is 14.2 Å². The number of aromatic nitrogens is 2. The van der Waals surface area contributed by atoms with Crippen molar-refractivity contribution >= 4 is 22.9 Å². The summed E-state index contributed by atoms with van der Waals surface area (Å²) in [7, 11) is 0. The highest BCUT2D eigenvalue weighted by molar-refractivity contribution is 5.89. The smallest absolute Gasteiger partial charge is 0.308 e. The number of carbonyl (C=O) groups is 2. The number of benzene rings is 2. The summed E-state index contributed by atoms with van der Waals surface area (Å²) < 4.78 is 12.4. The molecule has 0 aliphatic rings. The van der Waals surface area contributed by atoms with Crippen molar-refractivity contribution < 1.29 is 19.1 Å². The zero-order chi connectivity index (χ0) is 17.1. The van der Waals surface area contributed by atoms with E-state index >= 15 is 0 Å². The highest BCUT2D eigenvalue weighted by Gasteiger charge is 2.15. The van der Waals surface area contributed by atoms with Crippen molar-refractivity contribution in [1.29, 1.82) is 0 Å². The van der Waals surface area contributed by atoms with Crippen LogP contribution < -0.4 is 9.47 Å². The Morgan fingerprint density at radius 3 is 2.38 bits per heavy atom. The fourth-order valence-electron chi connectivity index (χ4n) is 2.47. The molecule has 6 heteroatoms. The molecule has 1 aromatic heterocycles. The predicted octanol–water partition coefficient (Wildman–Crippen LogP) is 3.20. The molecule has 24 heavy (non-hydrogen) atoms. The van der Waals surface area contributed by atoms with Crippen molar-refractivity contribution in [3.63, 3.8) is 0 Å². The first-order valence-corrected chi connectivity index (χ1v) is 7.44. The molecule has 0 spiro atoms. The Hall–Kier alpha value is -3.15. The molecule has 0 saturated heterocycles. The zero-order valence-electron chi connectivity index (χ0n) is 13.4. The minimum Gasteiger partial charge on any atom is -0.482 e.